The second kappa shape index (κ2) is 21.4. The Morgan fingerprint density at radius 2 is 0.456 bits per heavy atom. The molecule has 312 valence electrons. The van der Waals surface area contributed by atoms with Crippen molar-refractivity contribution >= 4 is 61.1 Å². The molecule has 0 saturated carbocycles. The molecule has 4 nitrogen and oxygen atoms in total. The molecular weight excluding hydrogens is 781 g/mol. The SMILES string of the molecule is C[Si](C)(CCC[Si](CCC[Si](C)(C)c1ccc(CO)cc1)(CCC[Si](C)(C)c1ccc(CO)cc1)CCC[Si](C)(C)c1ccc(CO)cc1)c1ccc(CO)cc1. The molecule has 0 bridgehead atoms. The first kappa shape index (κ1) is 47.5. The highest BCUT2D eigenvalue weighted by atomic mass is 28.3. The Morgan fingerprint density at radius 1 is 0.281 bits per heavy atom. The fourth-order valence-corrected chi connectivity index (χ4v) is 25.5. The van der Waals surface area contributed by atoms with Gasteiger partial charge in [-0.15, -0.1) is 0 Å². The Morgan fingerprint density at radius 3 is 0.614 bits per heavy atom. The van der Waals surface area contributed by atoms with Crippen LogP contribution in [-0.2, 0) is 26.4 Å². The summed E-state index contributed by atoms with van der Waals surface area (Å²) >= 11 is 0. The Hall–Kier alpha value is -2.20. The van der Waals surface area contributed by atoms with Crippen LogP contribution in [0.25, 0.3) is 0 Å². The van der Waals surface area contributed by atoms with Gasteiger partial charge in [0.15, 0.2) is 0 Å². The Balaban J connectivity index is 1.60. The van der Waals surface area contributed by atoms with E-state index in [-0.39, 0.29) is 26.4 Å². The van der Waals surface area contributed by atoms with Crippen molar-refractivity contribution in [2.45, 2.75) is 153 Å². The van der Waals surface area contributed by atoms with Crippen LogP contribution in [0.2, 0.25) is 101 Å². The molecule has 0 fully saturated rings. The molecule has 0 aliphatic rings. The van der Waals surface area contributed by atoms with Crippen LogP contribution in [-0.4, -0.2) is 60.8 Å². The van der Waals surface area contributed by atoms with Crippen LogP contribution in [0.1, 0.15) is 47.9 Å². The minimum absolute atomic E-state index is 0.102. The van der Waals surface area contributed by atoms with Crippen molar-refractivity contribution in [1.82, 2.24) is 0 Å². The maximum atomic E-state index is 9.68. The number of rotatable bonds is 24. The molecule has 4 aromatic carbocycles. The highest BCUT2D eigenvalue weighted by molar-refractivity contribution is 6.91. The number of benzene rings is 4. The minimum Gasteiger partial charge on any atom is -0.392 e. The molecule has 0 radical (unpaired) electrons. The molecule has 9 heteroatoms. The third-order valence-electron chi connectivity index (χ3n) is 13.7. The van der Waals surface area contributed by atoms with Gasteiger partial charge in [-0.2, -0.15) is 0 Å². The first-order valence-electron chi connectivity index (χ1n) is 21.8. The van der Waals surface area contributed by atoms with Gasteiger partial charge in [-0.25, -0.2) is 0 Å². The molecule has 4 rings (SSSR count). The van der Waals surface area contributed by atoms with Crippen LogP contribution in [0.3, 0.4) is 0 Å². The lowest BCUT2D eigenvalue weighted by Gasteiger charge is -2.37. The summed E-state index contributed by atoms with van der Waals surface area (Å²) in [4.78, 5) is 0. The molecule has 57 heavy (non-hydrogen) atoms. The van der Waals surface area contributed by atoms with Gasteiger partial charge in [-0.3, -0.25) is 0 Å². The van der Waals surface area contributed by atoms with Crippen LogP contribution >= 0.6 is 0 Å². The molecule has 4 aromatic rings. The maximum absolute atomic E-state index is 9.68. The van der Waals surface area contributed by atoms with Crippen molar-refractivity contribution < 1.29 is 20.4 Å². The van der Waals surface area contributed by atoms with Gasteiger partial charge in [-0.05, 0) is 22.3 Å². The monoisotopic (exact) mass is 856 g/mol. The average Bonchev–Trinajstić information content (AvgIpc) is 3.20. The predicted octanol–water partition coefficient (Wildman–Crippen LogP) is 9.43. The minimum atomic E-state index is -1.70. The smallest absolute Gasteiger partial charge is 0.0806 e. The van der Waals surface area contributed by atoms with Gasteiger partial charge in [0.1, 0.15) is 0 Å². The highest BCUT2D eigenvalue weighted by Gasteiger charge is 2.36. The summed E-state index contributed by atoms with van der Waals surface area (Å²) in [5.41, 5.74) is 3.99. The third kappa shape index (κ3) is 13.9. The van der Waals surface area contributed by atoms with Crippen LogP contribution in [0.15, 0.2) is 97.1 Å². The van der Waals surface area contributed by atoms with Gasteiger partial charge in [-0.1, -0.05) is 244 Å². The summed E-state index contributed by atoms with van der Waals surface area (Å²) in [7, 11) is -8.29. The summed E-state index contributed by atoms with van der Waals surface area (Å²) in [6.45, 7) is 20.8. The zero-order valence-corrected chi connectivity index (χ0v) is 41.8. The fraction of sp³-hybridized carbons (Fsp3) is 0.500. The molecule has 4 N–H and O–H groups in total. The van der Waals surface area contributed by atoms with Crippen molar-refractivity contribution in [3.63, 3.8) is 0 Å². The quantitative estimate of drug-likeness (QED) is 0.0530. The summed E-state index contributed by atoms with van der Waals surface area (Å²) in [6.07, 6.45) is 5.29. The van der Waals surface area contributed by atoms with E-state index in [4.69, 9.17) is 0 Å². The normalized spacial score (nSPS) is 13.0. The van der Waals surface area contributed by atoms with E-state index in [0.717, 1.165) is 22.3 Å². The lowest BCUT2D eigenvalue weighted by Crippen LogP contribution is -2.44. The van der Waals surface area contributed by atoms with Gasteiger partial charge in [0, 0.05) is 0 Å². The summed E-state index contributed by atoms with van der Waals surface area (Å²) < 4.78 is 0. The van der Waals surface area contributed by atoms with E-state index < -0.39 is 40.4 Å². The van der Waals surface area contributed by atoms with E-state index >= 15 is 0 Å². The number of aliphatic hydroxyl groups excluding tert-OH is 4. The first-order chi connectivity index (χ1) is 27.0. The molecule has 0 heterocycles. The molecule has 0 atom stereocenters. The summed E-state index contributed by atoms with van der Waals surface area (Å²) in [5.74, 6) is 0. The molecule has 0 amide bonds. The second-order valence-corrected chi connectivity index (χ2v) is 44.3. The molecule has 0 aliphatic carbocycles. The van der Waals surface area contributed by atoms with Crippen LogP contribution in [0.5, 0.6) is 0 Å². The van der Waals surface area contributed by atoms with E-state index in [1.807, 2.05) is 0 Å². The van der Waals surface area contributed by atoms with E-state index in [1.54, 1.807) is 0 Å². The lowest BCUT2D eigenvalue weighted by molar-refractivity contribution is 0.281. The van der Waals surface area contributed by atoms with E-state index in [0.29, 0.717) is 0 Å². The molecule has 0 saturated heterocycles. The van der Waals surface area contributed by atoms with Crippen molar-refractivity contribution in [3.8, 4) is 0 Å². The number of hydrogen-bond donors (Lipinski definition) is 4. The summed E-state index contributed by atoms with van der Waals surface area (Å²) in [5, 5.41) is 44.7. The number of hydrogen-bond acceptors (Lipinski definition) is 4. The van der Waals surface area contributed by atoms with E-state index in [2.05, 4.69) is 149 Å². The molecule has 0 aliphatic heterocycles. The van der Waals surface area contributed by atoms with Gasteiger partial charge in [0.25, 0.3) is 0 Å². The van der Waals surface area contributed by atoms with Crippen LogP contribution in [0.4, 0.5) is 0 Å². The largest absolute Gasteiger partial charge is 0.392 e. The molecule has 0 unspecified atom stereocenters. The standard InChI is InChI=1S/C48H76O4Si5/c1-53(2,45-21-13-41(37-49)14-22-45)29-9-33-57(34-10-30-54(3,4)46-23-15-42(38-50)16-24-46,35-11-31-55(5,6)47-25-17-43(39-51)18-26-47)36-12-32-56(7,8)48-27-19-44(40-52)20-28-48/h13-28,49-52H,9-12,29-40H2,1-8H3. The zero-order chi connectivity index (χ0) is 41.7. The maximum Gasteiger partial charge on any atom is 0.0806 e. The summed E-state index contributed by atoms with van der Waals surface area (Å²) in [6, 6.07) is 46.3. The van der Waals surface area contributed by atoms with Crippen LogP contribution in [0, 0.1) is 0 Å². The Labute approximate surface area is 351 Å². The number of aliphatic hydroxyl groups is 4. The van der Waals surface area contributed by atoms with Gasteiger partial charge >= 0.3 is 0 Å². The van der Waals surface area contributed by atoms with E-state index in [9.17, 15) is 20.4 Å². The van der Waals surface area contributed by atoms with E-state index in [1.165, 1.54) is 94.8 Å². The van der Waals surface area contributed by atoms with Crippen molar-refractivity contribution in [2.24, 2.45) is 0 Å². The average molecular weight is 858 g/mol. The topological polar surface area (TPSA) is 80.9 Å². The lowest BCUT2D eigenvalue weighted by atomic mass is 10.2. The highest BCUT2D eigenvalue weighted by Crippen LogP contribution is 2.37. The van der Waals surface area contributed by atoms with Crippen molar-refractivity contribution in [3.05, 3.63) is 119 Å². The predicted molar refractivity (Wildman–Crippen MR) is 261 cm³/mol. The molecule has 0 aromatic heterocycles. The third-order valence-corrected chi connectivity index (χ3v) is 33.4. The van der Waals surface area contributed by atoms with Gasteiger partial charge < -0.3 is 20.4 Å². The van der Waals surface area contributed by atoms with Crippen molar-refractivity contribution in [2.75, 3.05) is 0 Å². The first-order valence-corrected chi connectivity index (χ1v) is 37.4. The fourth-order valence-electron chi connectivity index (χ4n) is 9.19. The Kier molecular flexibility index (Phi) is 17.8. The van der Waals surface area contributed by atoms with Gasteiger partial charge in [0.2, 0.25) is 0 Å². The van der Waals surface area contributed by atoms with Crippen molar-refractivity contribution in [1.29, 1.82) is 0 Å². The second-order valence-electron chi connectivity index (χ2n) is 19.9. The zero-order valence-electron chi connectivity index (χ0n) is 36.8. The van der Waals surface area contributed by atoms with Crippen LogP contribution < -0.4 is 20.7 Å². The molecule has 0 spiro atoms. The molecular formula is C48H76O4Si5. The Bertz CT molecular complexity index is 1500. The van der Waals surface area contributed by atoms with Gasteiger partial charge in [0.05, 0.1) is 66.8 Å².